The third-order valence-electron chi connectivity index (χ3n) is 3.28. The van der Waals surface area contributed by atoms with Crippen molar-refractivity contribution in [3.63, 3.8) is 0 Å². The van der Waals surface area contributed by atoms with Gasteiger partial charge >= 0.3 is 6.61 Å². The zero-order valence-corrected chi connectivity index (χ0v) is 14.8. The highest BCUT2D eigenvalue weighted by atomic mass is 32.2. The number of hydrogen-bond acceptors (Lipinski definition) is 6. The molecular weight excluding hydrogens is 370 g/mol. The summed E-state index contributed by atoms with van der Waals surface area (Å²) in [4.78, 5) is 36.3. The fraction of sp³-hybridized carbons (Fsp3) is 0.312. The molecule has 10 heteroatoms. The van der Waals surface area contributed by atoms with Gasteiger partial charge in [-0.2, -0.15) is 8.78 Å². The molecule has 0 aromatic heterocycles. The van der Waals surface area contributed by atoms with Crippen LogP contribution in [0.5, 0.6) is 11.5 Å². The predicted molar refractivity (Wildman–Crippen MR) is 91.0 cm³/mol. The van der Waals surface area contributed by atoms with Crippen molar-refractivity contribution in [2.24, 2.45) is 0 Å². The van der Waals surface area contributed by atoms with Gasteiger partial charge in [0.25, 0.3) is 11.1 Å². The summed E-state index contributed by atoms with van der Waals surface area (Å²) >= 11 is 0.758. The van der Waals surface area contributed by atoms with Crippen molar-refractivity contribution in [2.75, 3.05) is 20.2 Å². The number of nitrogens with one attached hydrogen (secondary N) is 1. The second-order valence-electron chi connectivity index (χ2n) is 5.11. The molecule has 0 spiro atoms. The van der Waals surface area contributed by atoms with Crippen molar-refractivity contribution in [2.45, 2.75) is 13.5 Å². The number of methoxy groups -OCH3 is 1. The number of alkyl halides is 2. The van der Waals surface area contributed by atoms with E-state index in [1.54, 1.807) is 0 Å². The van der Waals surface area contributed by atoms with Gasteiger partial charge in [-0.15, -0.1) is 0 Å². The quantitative estimate of drug-likeness (QED) is 0.725. The minimum Gasteiger partial charge on any atom is -0.493 e. The first-order valence-electron chi connectivity index (χ1n) is 7.44. The van der Waals surface area contributed by atoms with Gasteiger partial charge in [0.15, 0.2) is 11.5 Å². The molecule has 1 aromatic rings. The average Bonchev–Trinajstić information content (AvgIpc) is 2.82. The van der Waals surface area contributed by atoms with Crippen LogP contribution in [-0.2, 0) is 9.59 Å². The lowest BCUT2D eigenvalue weighted by Gasteiger charge is -2.12. The smallest absolute Gasteiger partial charge is 0.387 e. The number of halogens is 2. The van der Waals surface area contributed by atoms with E-state index in [0.29, 0.717) is 5.56 Å². The van der Waals surface area contributed by atoms with Crippen LogP contribution in [0.4, 0.5) is 13.6 Å². The van der Waals surface area contributed by atoms with E-state index in [4.69, 9.17) is 4.74 Å². The van der Waals surface area contributed by atoms with Crippen LogP contribution in [0.1, 0.15) is 12.5 Å². The topological polar surface area (TPSA) is 84.9 Å². The van der Waals surface area contributed by atoms with Crippen LogP contribution in [0.25, 0.3) is 6.08 Å². The highest BCUT2D eigenvalue weighted by Gasteiger charge is 2.34. The van der Waals surface area contributed by atoms with Gasteiger partial charge in [0.2, 0.25) is 5.91 Å². The SMILES string of the molecule is COc1cc(/C=C2\SC(=O)N(CCNC(C)=O)C2=O)ccc1OC(F)F. The van der Waals surface area contributed by atoms with E-state index in [9.17, 15) is 23.2 Å². The summed E-state index contributed by atoms with van der Waals surface area (Å²) in [5.41, 5.74) is 0.482. The Kier molecular flexibility index (Phi) is 6.56. The Balaban J connectivity index is 2.15. The molecular formula is C16H16F2N2O5S. The maximum Gasteiger partial charge on any atom is 0.387 e. The molecule has 0 unspecified atom stereocenters. The number of thioether (sulfide) groups is 1. The van der Waals surface area contributed by atoms with Crippen molar-refractivity contribution in [3.8, 4) is 11.5 Å². The normalized spacial score (nSPS) is 15.7. The van der Waals surface area contributed by atoms with E-state index in [1.807, 2.05) is 0 Å². The molecule has 0 saturated carbocycles. The Hall–Kier alpha value is -2.62. The van der Waals surface area contributed by atoms with Crippen molar-refractivity contribution < 1.29 is 32.6 Å². The molecule has 1 aliphatic heterocycles. The standard InChI is InChI=1S/C16H16F2N2O5S/c1-9(21)19-5-6-20-14(22)13(26-16(20)23)8-10-3-4-11(25-15(17)18)12(7-10)24-2/h3-4,7-8,15H,5-6H2,1-2H3,(H,19,21)/b13-8-. The average molecular weight is 386 g/mol. The number of carbonyl (C=O) groups excluding carboxylic acids is 3. The summed E-state index contributed by atoms with van der Waals surface area (Å²) in [6.45, 7) is -1.43. The van der Waals surface area contributed by atoms with Crippen LogP contribution < -0.4 is 14.8 Å². The monoisotopic (exact) mass is 386 g/mol. The summed E-state index contributed by atoms with van der Waals surface area (Å²) in [5.74, 6) is -0.810. The summed E-state index contributed by atoms with van der Waals surface area (Å²) in [6, 6.07) is 4.17. The van der Waals surface area contributed by atoms with Gasteiger partial charge in [-0.1, -0.05) is 6.07 Å². The van der Waals surface area contributed by atoms with Gasteiger partial charge in [-0.25, -0.2) is 0 Å². The number of benzene rings is 1. The number of carbonyl (C=O) groups is 3. The van der Waals surface area contributed by atoms with Gasteiger partial charge in [0.1, 0.15) is 0 Å². The van der Waals surface area contributed by atoms with Crippen LogP contribution in [0.15, 0.2) is 23.1 Å². The van der Waals surface area contributed by atoms with Crippen LogP contribution in [-0.4, -0.2) is 48.8 Å². The third kappa shape index (κ3) is 4.94. The number of ether oxygens (including phenoxy) is 2. The molecule has 0 radical (unpaired) electrons. The molecule has 1 heterocycles. The Morgan fingerprint density at radius 1 is 1.35 bits per heavy atom. The fourth-order valence-electron chi connectivity index (χ4n) is 2.16. The maximum atomic E-state index is 12.3. The number of hydrogen-bond donors (Lipinski definition) is 1. The van der Waals surface area contributed by atoms with Crippen LogP contribution in [0, 0.1) is 0 Å². The highest BCUT2D eigenvalue weighted by Crippen LogP contribution is 2.34. The summed E-state index contributed by atoms with van der Waals surface area (Å²) < 4.78 is 34.0. The molecule has 1 aliphatic rings. The predicted octanol–water partition coefficient (Wildman–Crippen LogP) is 2.47. The van der Waals surface area contributed by atoms with Crippen molar-refractivity contribution >= 4 is 34.9 Å². The number of amides is 3. The first-order valence-corrected chi connectivity index (χ1v) is 8.26. The van der Waals surface area contributed by atoms with E-state index >= 15 is 0 Å². The summed E-state index contributed by atoms with van der Waals surface area (Å²) in [6.07, 6.45) is 1.46. The van der Waals surface area contributed by atoms with Gasteiger partial charge in [0.05, 0.1) is 12.0 Å². The van der Waals surface area contributed by atoms with E-state index in [-0.39, 0.29) is 35.4 Å². The molecule has 0 aliphatic carbocycles. The van der Waals surface area contributed by atoms with Crippen molar-refractivity contribution in [1.29, 1.82) is 0 Å². The minimum absolute atomic E-state index is 0.0616. The van der Waals surface area contributed by atoms with Gasteiger partial charge in [-0.3, -0.25) is 19.3 Å². The molecule has 1 N–H and O–H groups in total. The Bertz CT molecular complexity index is 754. The van der Waals surface area contributed by atoms with Gasteiger partial charge in [-0.05, 0) is 35.5 Å². The third-order valence-corrected chi connectivity index (χ3v) is 4.19. The highest BCUT2D eigenvalue weighted by molar-refractivity contribution is 8.18. The lowest BCUT2D eigenvalue weighted by atomic mass is 10.2. The molecule has 1 saturated heterocycles. The molecule has 26 heavy (non-hydrogen) atoms. The molecule has 0 atom stereocenters. The second-order valence-corrected chi connectivity index (χ2v) is 6.10. The number of rotatable bonds is 7. The van der Waals surface area contributed by atoms with Crippen molar-refractivity contribution in [1.82, 2.24) is 10.2 Å². The van der Waals surface area contributed by atoms with Crippen LogP contribution >= 0.6 is 11.8 Å². The maximum absolute atomic E-state index is 12.3. The fourth-order valence-corrected chi connectivity index (χ4v) is 3.02. The van der Waals surface area contributed by atoms with E-state index in [1.165, 1.54) is 38.3 Å². The van der Waals surface area contributed by atoms with Crippen LogP contribution in [0.2, 0.25) is 0 Å². The van der Waals surface area contributed by atoms with E-state index in [2.05, 4.69) is 10.1 Å². The van der Waals surface area contributed by atoms with E-state index in [0.717, 1.165) is 16.7 Å². The minimum atomic E-state index is -2.99. The molecule has 1 aromatic carbocycles. The molecule has 7 nitrogen and oxygen atoms in total. The van der Waals surface area contributed by atoms with Crippen LogP contribution in [0.3, 0.4) is 0 Å². The Morgan fingerprint density at radius 2 is 2.08 bits per heavy atom. The molecule has 2 rings (SSSR count). The summed E-state index contributed by atoms with van der Waals surface area (Å²) in [5, 5.41) is 2.06. The second kappa shape index (κ2) is 8.65. The zero-order valence-electron chi connectivity index (χ0n) is 14.0. The van der Waals surface area contributed by atoms with Gasteiger partial charge in [0, 0.05) is 20.0 Å². The number of imide groups is 1. The number of nitrogens with zero attached hydrogens (tertiary/aromatic N) is 1. The lowest BCUT2D eigenvalue weighted by molar-refractivity contribution is -0.123. The Morgan fingerprint density at radius 3 is 2.69 bits per heavy atom. The van der Waals surface area contributed by atoms with Crippen molar-refractivity contribution in [3.05, 3.63) is 28.7 Å². The Labute approximate surface area is 152 Å². The first kappa shape index (κ1) is 19.7. The molecule has 3 amide bonds. The van der Waals surface area contributed by atoms with E-state index < -0.39 is 17.8 Å². The van der Waals surface area contributed by atoms with Gasteiger partial charge < -0.3 is 14.8 Å². The molecule has 1 fully saturated rings. The molecule has 0 bridgehead atoms. The first-order chi connectivity index (χ1) is 12.3. The molecule has 140 valence electrons. The lowest BCUT2D eigenvalue weighted by Crippen LogP contribution is -2.36. The summed E-state index contributed by atoms with van der Waals surface area (Å²) in [7, 11) is 1.30. The largest absolute Gasteiger partial charge is 0.493 e. The zero-order chi connectivity index (χ0) is 19.3.